The number of aromatic nitrogens is 3. The Labute approximate surface area is 137 Å². The first kappa shape index (κ1) is 14.9. The molecule has 24 heavy (non-hydrogen) atoms. The highest BCUT2D eigenvalue weighted by atomic mass is 16.6. The van der Waals surface area contributed by atoms with E-state index in [1.165, 1.54) is 17.8 Å². The molecule has 9 nitrogen and oxygen atoms in total. The minimum atomic E-state index is -0.508. The number of anilines is 1. The van der Waals surface area contributed by atoms with Crippen LogP contribution in [0.3, 0.4) is 0 Å². The first-order valence-corrected chi connectivity index (χ1v) is 7.88. The number of nitrogens with zero attached hydrogens (tertiary/aromatic N) is 5. The van der Waals surface area contributed by atoms with E-state index in [0.29, 0.717) is 24.6 Å². The molecular weight excluding hydrogens is 314 g/mol. The van der Waals surface area contributed by atoms with Crippen molar-refractivity contribution in [2.24, 2.45) is 11.3 Å². The van der Waals surface area contributed by atoms with E-state index in [4.69, 9.17) is 4.74 Å². The van der Waals surface area contributed by atoms with Crippen molar-refractivity contribution in [1.82, 2.24) is 14.6 Å². The maximum absolute atomic E-state index is 12.3. The summed E-state index contributed by atoms with van der Waals surface area (Å²) in [5.74, 6) is 0.512. The molecule has 1 aliphatic carbocycles. The Balaban J connectivity index is 1.70. The quantitative estimate of drug-likeness (QED) is 0.476. The first-order valence-electron chi connectivity index (χ1n) is 7.88. The van der Waals surface area contributed by atoms with Crippen LogP contribution in [0, 0.1) is 21.4 Å². The van der Waals surface area contributed by atoms with E-state index in [2.05, 4.69) is 10.1 Å². The number of hydrogen-bond donors (Lipinski definition) is 0. The van der Waals surface area contributed by atoms with Crippen molar-refractivity contribution >= 4 is 23.3 Å². The summed E-state index contributed by atoms with van der Waals surface area (Å²) >= 11 is 0. The summed E-state index contributed by atoms with van der Waals surface area (Å²) < 4.78 is 6.27. The molecule has 0 spiro atoms. The summed E-state index contributed by atoms with van der Waals surface area (Å²) in [5.41, 5.74) is -0.0563. The number of carbonyl (C=O) groups excluding carboxylic acids is 1. The molecule has 0 radical (unpaired) electrons. The molecule has 9 heteroatoms. The molecule has 4 rings (SSSR count). The Kier molecular flexibility index (Phi) is 3.19. The normalized spacial score (nSPS) is 25.9. The van der Waals surface area contributed by atoms with Gasteiger partial charge in [-0.05, 0) is 29.7 Å². The Morgan fingerprint density at radius 2 is 2.33 bits per heavy atom. The SMILES string of the molecule is COC(=O)C12CCCC1CN(c1ccc3ncc([N+](=O)[O-])n3n1)C2. The summed E-state index contributed by atoms with van der Waals surface area (Å²) in [6.07, 6.45) is 4.02. The zero-order valence-corrected chi connectivity index (χ0v) is 13.2. The van der Waals surface area contributed by atoms with Crippen molar-refractivity contribution in [2.75, 3.05) is 25.1 Å². The maximum atomic E-state index is 12.3. The number of imidazole rings is 1. The van der Waals surface area contributed by atoms with Crippen molar-refractivity contribution in [2.45, 2.75) is 19.3 Å². The van der Waals surface area contributed by atoms with Gasteiger partial charge in [-0.15, -0.1) is 0 Å². The van der Waals surface area contributed by atoms with Crippen LogP contribution in [0.15, 0.2) is 18.3 Å². The van der Waals surface area contributed by atoms with E-state index in [-0.39, 0.29) is 17.7 Å². The van der Waals surface area contributed by atoms with Gasteiger partial charge in [0.15, 0.2) is 5.82 Å². The average molecular weight is 331 g/mol. The smallest absolute Gasteiger partial charge is 0.368 e. The van der Waals surface area contributed by atoms with Gasteiger partial charge in [-0.1, -0.05) is 16.0 Å². The van der Waals surface area contributed by atoms with Gasteiger partial charge in [-0.25, -0.2) is 4.98 Å². The zero-order chi connectivity index (χ0) is 16.9. The molecule has 0 bridgehead atoms. The van der Waals surface area contributed by atoms with Gasteiger partial charge in [-0.3, -0.25) is 4.79 Å². The van der Waals surface area contributed by atoms with Gasteiger partial charge in [-0.2, -0.15) is 0 Å². The fraction of sp³-hybridized carbons (Fsp3) is 0.533. The van der Waals surface area contributed by atoms with Gasteiger partial charge < -0.3 is 19.8 Å². The first-order chi connectivity index (χ1) is 11.5. The number of carbonyl (C=O) groups is 1. The highest BCUT2D eigenvalue weighted by Crippen LogP contribution is 2.50. The summed E-state index contributed by atoms with van der Waals surface area (Å²) in [4.78, 5) is 28.9. The van der Waals surface area contributed by atoms with Gasteiger partial charge in [0.05, 0.1) is 12.5 Å². The Hall–Kier alpha value is -2.71. The summed E-state index contributed by atoms with van der Waals surface area (Å²) in [6, 6.07) is 3.49. The number of fused-ring (bicyclic) bond motifs is 2. The fourth-order valence-corrected chi connectivity index (χ4v) is 4.15. The van der Waals surface area contributed by atoms with Crippen molar-refractivity contribution in [3.63, 3.8) is 0 Å². The van der Waals surface area contributed by atoms with Crippen molar-refractivity contribution < 1.29 is 14.5 Å². The Morgan fingerprint density at radius 1 is 1.50 bits per heavy atom. The van der Waals surface area contributed by atoms with Crippen LogP contribution < -0.4 is 4.90 Å². The van der Waals surface area contributed by atoms with Gasteiger partial charge in [0, 0.05) is 19.2 Å². The largest absolute Gasteiger partial charge is 0.469 e. The topological polar surface area (TPSA) is 103 Å². The number of hydrogen-bond acceptors (Lipinski definition) is 7. The van der Waals surface area contributed by atoms with Crippen LogP contribution in [0.5, 0.6) is 0 Å². The fourth-order valence-electron chi connectivity index (χ4n) is 4.15. The molecule has 0 amide bonds. The third-order valence-corrected chi connectivity index (χ3v) is 5.30. The lowest BCUT2D eigenvalue weighted by atomic mass is 9.81. The Bertz CT molecular complexity index is 834. The highest BCUT2D eigenvalue weighted by Gasteiger charge is 2.55. The molecule has 0 aromatic carbocycles. The van der Waals surface area contributed by atoms with E-state index in [9.17, 15) is 14.9 Å². The summed E-state index contributed by atoms with van der Waals surface area (Å²) in [7, 11) is 1.42. The number of nitro groups is 1. The van der Waals surface area contributed by atoms with Crippen molar-refractivity contribution in [3.05, 3.63) is 28.4 Å². The predicted octanol–water partition coefficient (Wildman–Crippen LogP) is 1.42. The van der Waals surface area contributed by atoms with E-state index in [1.54, 1.807) is 12.1 Å². The van der Waals surface area contributed by atoms with Crippen molar-refractivity contribution in [1.29, 1.82) is 0 Å². The van der Waals surface area contributed by atoms with Gasteiger partial charge in [0.1, 0.15) is 6.20 Å². The maximum Gasteiger partial charge on any atom is 0.368 e. The molecule has 2 aliphatic rings. The molecule has 2 unspecified atom stereocenters. The predicted molar refractivity (Wildman–Crippen MR) is 83.6 cm³/mol. The lowest BCUT2D eigenvalue weighted by molar-refractivity contribution is -0.391. The molecule has 2 fully saturated rings. The lowest BCUT2D eigenvalue weighted by Gasteiger charge is -2.25. The minimum absolute atomic E-state index is 0.165. The number of methoxy groups -OCH3 is 1. The van der Waals surface area contributed by atoms with Crippen LogP contribution in [0.1, 0.15) is 19.3 Å². The van der Waals surface area contributed by atoms with E-state index >= 15 is 0 Å². The van der Waals surface area contributed by atoms with Crippen LogP contribution in [0.4, 0.5) is 11.6 Å². The van der Waals surface area contributed by atoms with Gasteiger partial charge in [0.25, 0.3) is 0 Å². The third-order valence-electron chi connectivity index (χ3n) is 5.30. The Morgan fingerprint density at radius 3 is 3.08 bits per heavy atom. The molecule has 0 N–H and O–H groups in total. The number of esters is 1. The van der Waals surface area contributed by atoms with Crippen LogP contribution in [0.2, 0.25) is 0 Å². The standard InChI is InChI=1S/C15H17N5O4/c1-24-14(21)15-6-2-3-10(15)8-18(9-15)12-5-4-11-16-7-13(20(22)23)19(11)17-12/h4-5,7,10H,2-3,6,8-9H2,1H3. The molecule has 3 heterocycles. The van der Waals surface area contributed by atoms with E-state index in [1.807, 2.05) is 4.90 Å². The number of ether oxygens (including phenoxy) is 1. The monoisotopic (exact) mass is 331 g/mol. The van der Waals surface area contributed by atoms with E-state index in [0.717, 1.165) is 19.3 Å². The van der Waals surface area contributed by atoms with Crippen LogP contribution in [0.25, 0.3) is 5.65 Å². The summed E-state index contributed by atoms with van der Waals surface area (Å²) in [5, 5.41) is 15.4. The second-order valence-corrected chi connectivity index (χ2v) is 6.45. The van der Waals surface area contributed by atoms with E-state index < -0.39 is 10.3 Å². The average Bonchev–Trinajstić information content (AvgIpc) is 3.24. The minimum Gasteiger partial charge on any atom is -0.469 e. The van der Waals surface area contributed by atoms with Crippen LogP contribution in [-0.2, 0) is 9.53 Å². The lowest BCUT2D eigenvalue weighted by Crippen LogP contribution is -2.37. The molecule has 1 saturated carbocycles. The van der Waals surface area contributed by atoms with Crippen LogP contribution >= 0.6 is 0 Å². The molecule has 1 aliphatic heterocycles. The summed E-state index contributed by atoms with van der Waals surface area (Å²) in [6.45, 7) is 1.24. The molecule has 2 aromatic heterocycles. The second kappa shape index (κ2) is 5.15. The molecule has 1 saturated heterocycles. The molecule has 2 aromatic rings. The molecule has 126 valence electrons. The zero-order valence-electron chi connectivity index (χ0n) is 13.2. The van der Waals surface area contributed by atoms with Gasteiger partial charge in [0.2, 0.25) is 5.65 Å². The third kappa shape index (κ3) is 1.97. The van der Waals surface area contributed by atoms with Gasteiger partial charge >= 0.3 is 11.8 Å². The van der Waals surface area contributed by atoms with Crippen molar-refractivity contribution in [3.8, 4) is 0 Å². The molecule has 2 atom stereocenters. The van der Waals surface area contributed by atoms with Crippen LogP contribution in [-0.4, -0.2) is 45.7 Å². The second-order valence-electron chi connectivity index (χ2n) is 6.45. The number of rotatable bonds is 3. The molecular formula is C15H17N5O4. The highest BCUT2D eigenvalue weighted by molar-refractivity contribution is 5.79.